The van der Waals surface area contributed by atoms with E-state index in [0.29, 0.717) is 5.60 Å². The first-order chi connectivity index (χ1) is 6.23. The molecule has 1 nitrogen and oxygen atoms in total. The molecule has 1 saturated carbocycles. The van der Waals surface area contributed by atoms with E-state index in [1.807, 2.05) is 0 Å². The zero-order valence-corrected chi connectivity index (χ0v) is 8.64. The first-order valence-electron chi connectivity index (χ1n) is 5.93. The third-order valence-corrected chi connectivity index (χ3v) is 4.69. The van der Waals surface area contributed by atoms with Crippen LogP contribution in [0.25, 0.3) is 0 Å². The van der Waals surface area contributed by atoms with E-state index in [-0.39, 0.29) is 5.60 Å². The Kier molecular flexibility index (Phi) is 1.59. The lowest BCUT2D eigenvalue weighted by molar-refractivity contribution is -0.175. The molecule has 74 valence electrons. The van der Waals surface area contributed by atoms with Crippen LogP contribution in [0.1, 0.15) is 58.3 Å². The van der Waals surface area contributed by atoms with Crippen LogP contribution >= 0.6 is 0 Å². The molecular weight excluding hydrogens is 160 g/mol. The van der Waals surface area contributed by atoms with Gasteiger partial charge in [0.05, 0.1) is 11.2 Å². The average molecular weight is 180 g/mol. The molecule has 13 heavy (non-hydrogen) atoms. The Morgan fingerprint density at radius 3 is 2.85 bits per heavy atom. The summed E-state index contributed by atoms with van der Waals surface area (Å²) in [5.74, 6) is 0.914. The molecule has 2 unspecified atom stereocenters. The highest BCUT2D eigenvalue weighted by Crippen LogP contribution is 2.56. The van der Waals surface area contributed by atoms with Crippen molar-refractivity contribution < 1.29 is 4.74 Å². The fourth-order valence-corrected chi connectivity index (χ4v) is 3.88. The summed E-state index contributed by atoms with van der Waals surface area (Å²) in [4.78, 5) is 0. The number of hydrogen-bond donors (Lipinski definition) is 0. The van der Waals surface area contributed by atoms with Gasteiger partial charge in [0.15, 0.2) is 0 Å². The molecule has 3 rings (SSSR count). The minimum atomic E-state index is 0.272. The van der Waals surface area contributed by atoms with Gasteiger partial charge in [-0.05, 0) is 51.4 Å². The van der Waals surface area contributed by atoms with Crippen LogP contribution < -0.4 is 0 Å². The van der Waals surface area contributed by atoms with Crippen LogP contribution in [0.4, 0.5) is 0 Å². The summed E-state index contributed by atoms with van der Waals surface area (Å²) in [5, 5.41) is 0. The molecule has 0 aromatic carbocycles. The van der Waals surface area contributed by atoms with Crippen LogP contribution in [0.5, 0.6) is 0 Å². The lowest BCUT2D eigenvalue weighted by atomic mass is 9.72. The SMILES string of the molecule is CC12CCC3CCCC[C@]3(CC1)O2. The van der Waals surface area contributed by atoms with Crippen LogP contribution in [0.2, 0.25) is 0 Å². The van der Waals surface area contributed by atoms with Gasteiger partial charge in [0.1, 0.15) is 0 Å². The molecule has 2 saturated heterocycles. The Morgan fingerprint density at radius 1 is 1.00 bits per heavy atom. The summed E-state index contributed by atoms with van der Waals surface area (Å²) in [5.41, 5.74) is 0.624. The van der Waals surface area contributed by atoms with Crippen LogP contribution in [-0.4, -0.2) is 11.2 Å². The Labute approximate surface area is 80.8 Å². The Morgan fingerprint density at radius 2 is 1.92 bits per heavy atom. The van der Waals surface area contributed by atoms with Crippen molar-refractivity contribution in [1.82, 2.24) is 0 Å². The van der Waals surface area contributed by atoms with E-state index < -0.39 is 0 Å². The van der Waals surface area contributed by atoms with Gasteiger partial charge in [-0.25, -0.2) is 0 Å². The van der Waals surface area contributed by atoms with E-state index in [1.165, 1.54) is 51.4 Å². The fraction of sp³-hybridized carbons (Fsp3) is 1.00. The maximum atomic E-state index is 6.38. The molecule has 2 aliphatic heterocycles. The standard InChI is InChI=1S/C12H20O/c1-11-7-5-10-4-2-3-6-12(10,13-11)9-8-11/h10H,2-9H2,1H3/t10?,11?,12-/m1/s1. The molecule has 0 aromatic rings. The largest absolute Gasteiger partial charge is 0.369 e. The molecule has 1 spiro atoms. The van der Waals surface area contributed by atoms with Crippen molar-refractivity contribution in [1.29, 1.82) is 0 Å². The van der Waals surface area contributed by atoms with E-state index >= 15 is 0 Å². The third kappa shape index (κ3) is 1.09. The van der Waals surface area contributed by atoms with Crippen molar-refractivity contribution in [2.45, 2.75) is 69.5 Å². The van der Waals surface area contributed by atoms with E-state index in [0.717, 1.165) is 5.92 Å². The molecule has 0 radical (unpaired) electrons. The van der Waals surface area contributed by atoms with Crippen LogP contribution in [0, 0.1) is 5.92 Å². The van der Waals surface area contributed by atoms with Crippen molar-refractivity contribution >= 4 is 0 Å². The lowest BCUT2D eigenvalue weighted by Crippen LogP contribution is -2.47. The fourth-order valence-electron chi connectivity index (χ4n) is 3.88. The topological polar surface area (TPSA) is 9.23 Å². The highest BCUT2D eigenvalue weighted by molar-refractivity contribution is 5.04. The van der Waals surface area contributed by atoms with E-state index in [1.54, 1.807) is 0 Å². The minimum absolute atomic E-state index is 0.272. The second kappa shape index (κ2) is 2.50. The molecular formula is C12H20O. The van der Waals surface area contributed by atoms with Crippen molar-refractivity contribution in [3.8, 4) is 0 Å². The molecule has 0 aromatic heterocycles. The maximum Gasteiger partial charge on any atom is 0.0719 e. The zero-order chi connectivity index (χ0) is 8.94. The summed E-state index contributed by atoms with van der Waals surface area (Å²) in [6.45, 7) is 2.33. The summed E-state index contributed by atoms with van der Waals surface area (Å²) < 4.78 is 6.38. The summed E-state index contributed by atoms with van der Waals surface area (Å²) in [6, 6.07) is 0. The highest BCUT2D eigenvalue weighted by Gasteiger charge is 2.54. The monoisotopic (exact) mass is 180 g/mol. The normalized spacial score (nSPS) is 54.7. The van der Waals surface area contributed by atoms with Gasteiger partial charge >= 0.3 is 0 Å². The predicted octanol–water partition coefficient (Wildman–Crippen LogP) is 3.28. The summed E-state index contributed by atoms with van der Waals surface area (Å²) >= 11 is 0. The minimum Gasteiger partial charge on any atom is -0.369 e. The second-order valence-electron chi connectivity index (χ2n) is 5.60. The van der Waals surface area contributed by atoms with Gasteiger partial charge in [-0.1, -0.05) is 12.8 Å². The molecule has 3 atom stereocenters. The van der Waals surface area contributed by atoms with Gasteiger partial charge in [0.2, 0.25) is 0 Å². The average Bonchev–Trinajstić information content (AvgIpc) is 2.38. The number of ether oxygens (including phenoxy) is 1. The third-order valence-electron chi connectivity index (χ3n) is 4.69. The zero-order valence-electron chi connectivity index (χ0n) is 8.64. The lowest BCUT2D eigenvalue weighted by Gasteiger charge is -2.47. The van der Waals surface area contributed by atoms with Crippen molar-refractivity contribution in [3.05, 3.63) is 0 Å². The summed E-state index contributed by atoms with van der Waals surface area (Å²) in [6.07, 6.45) is 11.1. The first kappa shape index (κ1) is 8.28. The summed E-state index contributed by atoms with van der Waals surface area (Å²) in [7, 11) is 0. The quantitative estimate of drug-likeness (QED) is 0.556. The Balaban J connectivity index is 1.90. The molecule has 3 fully saturated rings. The van der Waals surface area contributed by atoms with Crippen LogP contribution in [0.3, 0.4) is 0 Å². The molecule has 0 N–H and O–H groups in total. The van der Waals surface area contributed by atoms with Crippen LogP contribution in [0.15, 0.2) is 0 Å². The first-order valence-corrected chi connectivity index (χ1v) is 5.93. The van der Waals surface area contributed by atoms with Crippen molar-refractivity contribution in [3.63, 3.8) is 0 Å². The van der Waals surface area contributed by atoms with Gasteiger partial charge in [-0.15, -0.1) is 0 Å². The number of rotatable bonds is 0. The van der Waals surface area contributed by atoms with Gasteiger partial charge in [0.25, 0.3) is 0 Å². The smallest absolute Gasteiger partial charge is 0.0719 e. The number of hydrogen-bond acceptors (Lipinski definition) is 1. The maximum absolute atomic E-state index is 6.38. The van der Waals surface area contributed by atoms with Crippen molar-refractivity contribution in [2.75, 3.05) is 0 Å². The van der Waals surface area contributed by atoms with E-state index in [2.05, 4.69) is 6.92 Å². The number of fused-ring (bicyclic) bond motifs is 1. The Hall–Kier alpha value is -0.0400. The highest BCUT2D eigenvalue weighted by atomic mass is 16.5. The predicted molar refractivity (Wildman–Crippen MR) is 52.6 cm³/mol. The van der Waals surface area contributed by atoms with Gasteiger partial charge in [0, 0.05) is 0 Å². The second-order valence-corrected chi connectivity index (χ2v) is 5.60. The molecule has 1 heteroatoms. The van der Waals surface area contributed by atoms with Crippen LogP contribution in [-0.2, 0) is 4.74 Å². The molecule has 2 bridgehead atoms. The molecule has 0 amide bonds. The molecule has 2 heterocycles. The van der Waals surface area contributed by atoms with E-state index in [9.17, 15) is 0 Å². The van der Waals surface area contributed by atoms with Gasteiger partial charge < -0.3 is 4.74 Å². The Bertz CT molecular complexity index is 221. The van der Waals surface area contributed by atoms with E-state index in [4.69, 9.17) is 4.74 Å². The molecule has 3 aliphatic rings. The van der Waals surface area contributed by atoms with Gasteiger partial charge in [-0.3, -0.25) is 0 Å². The van der Waals surface area contributed by atoms with Gasteiger partial charge in [-0.2, -0.15) is 0 Å². The van der Waals surface area contributed by atoms with Crippen molar-refractivity contribution in [2.24, 2.45) is 5.92 Å². The molecule has 1 aliphatic carbocycles.